The molecule has 0 aliphatic heterocycles. The van der Waals surface area contributed by atoms with Crippen LogP contribution in [0.2, 0.25) is 0 Å². The molecule has 2 aromatic heterocycles. The molecule has 0 radical (unpaired) electrons. The molecule has 100 valence electrons. The molecule has 20 heavy (non-hydrogen) atoms. The predicted molar refractivity (Wildman–Crippen MR) is 79.8 cm³/mol. The summed E-state index contributed by atoms with van der Waals surface area (Å²) in [7, 11) is 0. The summed E-state index contributed by atoms with van der Waals surface area (Å²) in [6.07, 6.45) is 5.33. The van der Waals surface area contributed by atoms with Crippen molar-refractivity contribution in [2.75, 3.05) is 0 Å². The van der Waals surface area contributed by atoms with Gasteiger partial charge < -0.3 is 4.74 Å². The van der Waals surface area contributed by atoms with E-state index >= 15 is 0 Å². The fraction of sp³-hybridized carbons (Fsp3) is 0.0667. The van der Waals surface area contributed by atoms with Gasteiger partial charge in [-0.05, 0) is 33.6 Å². The van der Waals surface area contributed by atoms with Crippen LogP contribution in [0.3, 0.4) is 0 Å². The van der Waals surface area contributed by atoms with Crippen molar-refractivity contribution in [3.63, 3.8) is 0 Å². The molecule has 0 bridgehead atoms. The highest BCUT2D eigenvalue weighted by Crippen LogP contribution is 2.25. The van der Waals surface area contributed by atoms with Gasteiger partial charge in [0.15, 0.2) is 0 Å². The van der Waals surface area contributed by atoms with E-state index in [0.717, 1.165) is 15.7 Å². The lowest BCUT2D eigenvalue weighted by molar-refractivity contribution is 0.291. The minimum Gasteiger partial charge on any atom is -0.472 e. The van der Waals surface area contributed by atoms with Crippen molar-refractivity contribution in [1.82, 2.24) is 14.8 Å². The lowest BCUT2D eigenvalue weighted by Gasteiger charge is -2.08. The van der Waals surface area contributed by atoms with E-state index in [0.29, 0.717) is 12.5 Å². The second-order valence-corrected chi connectivity index (χ2v) is 5.06. The zero-order valence-corrected chi connectivity index (χ0v) is 12.2. The SMILES string of the molecule is Brc1cc(-n2cccn2)cnc1OCc1ccccc1. The molecule has 3 aromatic rings. The van der Waals surface area contributed by atoms with Gasteiger partial charge in [0.25, 0.3) is 0 Å². The molecular formula is C15H12BrN3O. The number of halogens is 1. The zero-order valence-electron chi connectivity index (χ0n) is 10.6. The lowest BCUT2D eigenvalue weighted by atomic mass is 10.2. The molecular weight excluding hydrogens is 318 g/mol. The topological polar surface area (TPSA) is 39.9 Å². The van der Waals surface area contributed by atoms with Gasteiger partial charge in [0.05, 0.1) is 16.4 Å². The molecule has 0 amide bonds. The Morgan fingerprint density at radius 1 is 1.15 bits per heavy atom. The van der Waals surface area contributed by atoms with E-state index in [9.17, 15) is 0 Å². The Morgan fingerprint density at radius 3 is 2.70 bits per heavy atom. The Hall–Kier alpha value is -2.14. The van der Waals surface area contributed by atoms with E-state index in [-0.39, 0.29) is 0 Å². The standard InChI is InChI=1S/C15H12BrN3O/c16-14-9-13(19-8-4-7-18-19)10-17-15(14)20-11-12-5-2-1-3-6-12/h1-10H,11H2. The molecule has 0 N–H and O–H groups in total. The monoisotopic (exact) mass is 329 g/mol. The third-order valence-corrected chi connectivity index (χ3v) is 3.35. The lowest BCUT2D eigenvalue weighted by Crippen LogP contribution is -2.00. The van der Waals surface area contributed by atoms with Crippen LogP contribution in [0, 0.1) is 0 Å². The molecule has 4 nitrogen and oxygen atoms in total. The van der Waals surface area contributed by atoms with E-state index in [1.807, 2.05) is 48.7 Å². The first-order valence-electron chi connectivity index (χ1n) is 6.15. The van der Waals surface area contributed by atoms with E-state index < -0.39 is 0 Å². The second-order valence-electron chi connectivity index (χ2n) is 4.21. The Labute approximate surface area is 125 Å². The fourth-order valence-electron chi connectivity index (χ4n) is 1.79. The predicted octanol–water partition coefficient (Wildman–Crippen LogP) is 3.61. The van der Waals surface area contributed by atoms with Gasteiger partial charge in [-0.25, -0.2) is 9.67 Å². The number of hydrogen-bond acceptors (Lipinski definition) is 3. The first-order chi connectivity index (χ1) is 9.83. The van der Waals surface area contributed by atoms with Crippen LogP contribution < -0.4 is 4.74 Å². The summed E-state index contributed by atoms with van der Waals surface area (Å²) >= 11 is 3.48. The summed E-state index contributed by atoms with van der Waals surface area (Å²) in [6.45, 7) is 0.494. The van der Waals surface area contributed by atoms with Crippen LogP contribution >= 0.6 is 15.9 Å². The quantitative estimate of drug-likeness (QED) is 0.734. The molecule has 0 aliphatic carbocycles. The Bertz CT molecular complexity index is 684. The molecule has 0 fully saturated rings. The van der Waals surface area contributed by atoms with Crippen LogP contribution in [0.1, 0.15) is 5.56 Å². The summed E-state index contributed by atoms with van der Waals surface area (Å²) in [6, 6.07) is 13.8. The highest BCUT2D eigenvalue weighted by Gasteiger charge is 2.06. The number of hydrogen-bond donors (Lipinski definition) is 0. The molecule has 0 saturated carbocycles. The molecule has 0 saturated heterocycles. The van der Waals surface area contributed by atoms with Crippen molar-refractivity contribution in [2.24, 2.45) is 0 Å². The Balaban J connectivity index is 1.75. The number of pyridine rings is 1. The van der Waals surface area contributed by atoms with Gasteiger partial charge >= 0.3 is 0 Å². The van der Waals surface area contributed by atoms with Crippen LogP contribution in [-0.4, -0.2) is 14.8 Å². The smallest absolute Gasteiger partial charge is 0.228 e. The maximum absolute atomic E-state index is 5.71. The maximum Gasteiger partial charge on any atom is 0.228 e. The minimum absolute atomic E-state index is 0.494. The van der Waals surface area contributed by atoms with E-state index in [2.05, 4.69) is 26.0 Å². The molecule has 0 unspecified atom stereocenters. The van der Waals surface area contributed by atoms with Gasteiger partial charge in [-0.2, -0.15) is 5.10 Å². The number of benzene rings is 1. The summed E-state index contributed by atoms with van der Waals surface area (Å²) < 4.78 is 8.26. The first-order valence-corrected chi connectivity index (χ1v) is 6.94. The van der Waals surface area contributed by atoms with Crippen LogP contribution in [-0.2, 0) is 6.61 Å². The van der Waals surface area contributed by atoms with Crippen LogP contribution in [0.5, 0.6) is 5.88 Å². The van der Waals surface area contributed by atoms with Crippen molar-refractivity contribution in [3.8, 4) is 11.6 Å². The summed E-state index contributed by atoms with van der Waals surface area (Å²) in [5.41, 5.74) is 1.99. The number of nitrogens with zero attached hydrogens (tertiary/aromatic N) is 3. The van der Waals surface area contributed by atoms with E-state index in [1.54, 1.807) is 17.1 Å². The molecule has 0 atom stereocenters. The van der Waals surface area contributed by atoms with Crippen molar-refractivity contribution in [3.05, 3.63) is 71.1 Å². The van der Waals surface area contributed by atoms with Crippen LogP contribution in [0.15, 0.2) is 65.5 Å². The highest BCUT2D eigenvalue weighted by molar-refractivity contribution is 9.10. The highest BCUT2D eigenvalue weighted by atomic mass is 79.9. The summed E-state index contributed by atoms with van der Waals surface area (Å²) in [5.74, 6) is 0.574. The van der Waals surface area contributed by atoms with Gasteiger partial charge in [0, 0.05) is 12.4 Å². The van der Waals surface area contributed by atoms with Gasteiger partial charge in [-0.1, -0.05) is 30.3 Å². The van der Waals surface area contributed by atoms with Gasteiger partial charge in [0.2, 0.25) is 5.88 Å². The third-order valence-electron chi connectivity index (χ3n) is 2.78. The zero-order chi connectivity index (χ0) is 13.8. The van der Waals surface area contributed by atoms with Gasteiger partial charge in [0.1, 0.15) is 6.61 Å². The molecule has 1 aromatic carbocycles. The van der Waals surface area contributed by atoms with Gasteiger partial charge in [-0.3, -0.25) is 0 Å². The van der Waals surface area contributed by atoms with Crippen molar-refractivity contribution in [1.29, 1.82) is 0 Å². The van der Waals surface area contributed by atoms with Crippen LogP contribution in [0.25, 0.3) is 5.69 Å². The van der Waals surface area contributed by atoms with Crippen molar-refractivity contribution in [2.45, 2.75) is 6.61 Å². The Kier molecular flexibility index (Phi) is 3.78. The Morgan fingerprint density at radius 2 is 2.00 bits per heavy atom. The summed E-state index contributed by atoms with van der Waals surface area (Å²) in [4.78, 5) is 4.32. The molecule has 5 heteroatoms. The maximum atomic E-state index is 5.71. The normalized spacial score (nSPS) is 10.4. The average molecular weight is 330 g/mol. The summed E-state index contributed by atoms with van der Waals surface area (Å²) in [5, 5.41) is 4.17. The molecule has 3 rings (SSSR count). The largest absolute Gasteiger partial charge is 0.472 e. The van der Waals surface area contributed by atoms with Crippen molar-refractivity contribution < 1.29 is 4.74 Å². The van der Waals surface area contributed by atoms with Crippen LogP contribution in [0.4, 0.5) is 0 Å². The number of aromatic nitrogens is 3. The molecule has 0 spiro atoms. The van der Waals surface area contributed by atoms with E-state index in [4.69, 9.17) is 4.74 Å². The third kappa shape index (κ3) is 2.88. The molecule has 2 heterocycles. The second kappa shape index (κ2) is 5.88. The first kappa shape index (κ1) is 12.9. The average Bonchev–Trinajstić information content (AvgIpc) is 3.01. The van der Waals surface area contributed by atoms with E-state index in [1.165, 1.54) is 0 Å². The minimum atomic E-state index is 0.494. The van der Waals surface area contributed by atoms with Gasteiger partial charge in [-0.15, -0.1) is 0 Å². The number of rotatable bonds is 4. The number of ether oxygens (including phenoxy) is 1. The van der Waals surface area contributed by atoms with Crippen molar-refractivity contribution >= 4 is 15.9 Å². The fourth-order valence-corrected chi connectivity index (χ4v) is 2.25. The molecule has 0 aliphatic rings.